The van der Waals surface area contributed by atoms with E-state index in [1.807, 2.05) is 0 Å². The highest BCUT2D eigenvalue weighted by atomic mass is 16.8. The number of guanidine groups is 1. The number of ether oxygens (including phenoxy) is 4. The van der Waals surface area contributed by atoms with E-state index < -0.39 is 90.2 Å². The summed E-state index contributed by atoms with van der Waals surface area (Å²) in [6.45, 7) is 3.11. The van der Waals surface area contributed by atoms with E-state index in [4.69, 9.17) is 24.7 Å². The van der Waals surface area contributed by atoms with E-state index in [1.165, 1.54) is 19.2 Å². The molecule has 3 rings (SSSR count). The third kappa shape index (κ3) is 7.46. The lowest BCUT2D eigenvalue weighted by Gasteiger charge is -2.47. The van der Waals surface area contributed by atoms with Gasteiger partial charge in [-0.1, -0.05) is 18.2 Å². The summed E-state index contributed by atoms with van der Waals surface area (Å²) in [5.74, 6) is -8.86. The second-order valence-corrected chi connectivity index (χ2v) is 11.0. The monoisotopic (exact) mass is 646 g/mol. The molecule has 0 amide bonds. The number of carbonyl (C=O) groups excluding carboxylic acids is 2. The minimum Gasteiger partial charge on any atom is -0.550 e. The number of aliphatic hydroxyl groups excluding tert-OH is 4. The Kier molecular flexibility index (Phi) is 12.1. The van der Waals surface area contributed by atoms with Crippen molar-refractivity contribution in [3.05, 3.63) is 36.6 Å². The van der Waals surface area contributed by atoms with E-state index in [1.54, 1.807) is 0 Å². The van der Waals surface area contributed by atoms with Crippen molar-refractivity contribution in [1.82, 2.24) is 5.32 Å². The van der Waals surface area contributed by atoms with Crippen LogP contribution in [0.25, 0.3) is 0 Å². The lowest BCUT2D eigenvalue weighted by molar-refractivity contribution is -0.911. The van der Waals surface area contributed by atoms with Crippen LogP contribution < -0.4 is 21.1 Å². The number of aliphatic imine (C=N–C) groups is 1. The first-order valence-electron chi connectivity index (χ1n) is 14.0. The van der Waals surface area contributed by atoms with Gasteiger partial charge in [0, 0.05) is 13.0 Å². The number of carbonyl (C=O) groups is 2. The Labute approximate surface area is 258 Å². The van der Waals surface area contributed by atoms with Crippen LogP contribution in [-0.2, 0) is 28.5 Å². The van der Waals surface area contributed by atoms with Crippen LogP contribution in [0.4, 0.5) is 0 Å². The van der Waals surface area contributed by atoms with Crippen LogP contribution in [0.2, 0.25) is 0 Å². The van der Waals surface area contributed by atoms with Gasteiger partial charge in [-0.2, -0.15) is 0 Å². The average molecular weight is 647 g/mol. The minimum absolute atomic E-state index is 0.0613. The lowest BCUT2D eigenvalue weighted by atomic mass is 9.76. The number of nitrogens with one attached hydrogen (secondary N) is 2. The van der Waals surface area contributed by atoms with Crippen molar-refractivity contribution in [3.8, 4) is 0 Å². The van der Waals surface area contributed by atoms with Crippen LogP contribution in [-0.4, -0.2) is 149 Å². The molecular formula is C27H42N4O14. The number of piperidine rings is 1. The summed E-state index contributed by atoms with van der Waals surface area (Å²) in [6.07, 6.45) is -4.97. The number of hydrogen-bond donors (Lipinski definition) is 10. The van der Waals surface area contributed by atoms with Crippen LogP contribution in [0.1, 0.15) is 0 Å². The van der Waals surface area contributed by atoms with Crippen molar-refractivity contribution in [2.45, 2.75) is 48.3 Å². The van der Waals surface area contributed by atoms with Crippen LogP contribution in [0, 0.1) is 17.8 Å². The van der Waals surface area contributed by atoms with Crippen molar-refractivity contribution >= 4 is 17.9 Å². The highest BCUT2D eigenvalue weighted by molar-refractivity contribution is 5.91. The summed E-state index contributed by atoms with van der Waals surface area (Å²) in [6, 6.07) is -0.893. The molecule has 0 aromatic heterocycles. The van der Waals surface area contributed by atoms with Gasteiger partial charge in [0.1, 0.15) is 36.2 Å². The van der Waals surface area contributed by atoms with Gasteiger partial charge in [0.2, 0.25) is 12.1 Å². The molecule has 4 unspecified atom stereocenters. The fraction of sp³-hybridized carbons (Fsp3) is 0.667. The highest BCUT2D eigenvalue weighted by Gasteiger charge is 2.57. The fourth-order valence-corrected chi connectivity index (χ4v) is 5.76. The second-order valence-electron chi connectivity index (χ2n) is 11.0. The molecule has 0 aliphatic carbocycles. The SMILES string of the molecule is C=C[C@H]1[C@H](O[C@H]2O[C@H](CO)[C@@H](O)C(O)(O)[C@H]2O)OC=C(C(=O)OC)[C@]1(O)C=CC1C[NH+](CCO)CC(C(=O)[O-])C1NC(N)=NC. The number of hydrogen-bond acceptors (Lipinski definition) is 15. The Hall–Kier alpha value is -3.17. The van der Waals surface area contributed by atoms with Crippen molar-refractivity contribution in [3.63, 3.8) is 0 Å². The number of aliphatic hydroxyl groups is 7. The molecule has 18 nitrogen and oxygen atoms in total. The van der Waals surface area contributed by atoms with Crippen molar-refractivity contribution in [2.75, 3.05) is 47.0 Å². The van der Waals surface area contributed by atoms with Crippen LogP contribution in [0.5, 0.6) is 0 Å². The Morgan fingerprint density at radius 1 is 1.24 bits per heavy atom. The van der Waals surface area contributed by atoms with Gasteiger partial charge in [0.05, 0.1) is 57.3 Å². The van der Waals surface area contributed by atoms with Crippen LogP contribution >= 0.6 is 0 Å². The summed E-state index contributed by atoms with van der Waals surface area (Å²) in [7, 11) is 2.45. The Morgan fingerprint density at radius 3 is 2.49 bits per heavy atom. The molecule has 0 bridgehead atoms. The van der Waals surface area contributed by atoms with Crippen molar-refractivity contribution in [2.24, 2.45) is 28.5 Å². The molecule has 254 valence electrons. The molecule has 11 N–H and O–H groups in total. The van der Waals surface area contributed by atoms with Gasteiger partial charge in [-0.05, 0) is 0 Å². The molecule has 0 spiro atoms. The molecule has 18 heteroatoms. The van der Waals surface area contributed by atoms with E-state index in [2.05, 4.69) is 16.9 Å². The normalized spacial score (nSPS) is 38.6. The third-order valence-electron chi connectivity index (χ3n) is 8.30. The molecule has 0 aromatic carbocycles. The molecule has 2 saturated heterocycles. The quantitative estimate of drug-likeness (QED) is 0.0328. The summed E-state index contributed by atoms with van der Waals surface area (Å²) in [4.78, 5) is 29.5. The number of nitrogens with zero attached hydrogens (tertiary/aromatic N) is 1. The van der Waals surface area contributed by atoms with Crippen LogP contribution in [0.15, 0.2) is 41.6 Å². The van der Waals surface area contributed by atoms with Gasteiger partial charge >= 0.3 is 5.97 Å². The van der Waals surface area contributed by atoms with Gasteiger partial charge < -0.3 is 80.5 Å². The van der Waals surface area contributed by atoms with Crippen LogP contribution in [0.3, 0.4) is 0 Å². The van der Waals surface area contributed by atoms with Crippen molar-refractivity contribution in [1.29, 1.82) is 0 Å². The average Bonchev–Trinajstić information content (AvgIpc) is 3.01. The minimum atomic E-state index is -3.18. The molecular weight excluding hydrogens is 604 g/mol. The van der Waals surface area contributed by atoms with E-state index >= 15 is 0 Å². The maximum Gasteiger partial charge on any atom is 0.340 e. The summed E-state index contributed by atoms with van der Waals surface area (Å²) in [5, 5.41) is 87.1. The van der Waals surface area contributed by atoms with Gasteiger partial charge in [0.25, 0.3) is 0 Å². The number of methoxy groups -OCH3 is 1. The largest absolute Gasteiger partial charge is 0.550 e. The first-order chi connectivity index (χ1) is 21.2. The number of esters is 1. The maximum atomic E-state index is 12.8. The fourth-order valence-electron chi connectivity index (χ4n) is 5.76. The zero-order chi connectivity index (χ0) is 33.7. The second kappa shape index (κ2) is 14.9. The van der Waals surface area contributed by atoms with E-state index in [0.29, 0.717) is 4.90 Å². The Bertz CT molecular complexity index is 1160. The number of rotatable bonds is 11. The number of quaternary nitrogens is 1. The molecule has 11 atom stereocenters. The lowest BCUT2D eigenvalue weighted by Crippen LogP contribution is -3.16. The summed E-state index contributed by atoms with van der Waals surface area (Å²) in [5.41, 5.74) is 3.11. The molecule has 3 aliphatic heterocycles. The molecule has 0 aromatic rings. The first-order valence-corrected chi connectivity index (χ1v) is 14.0. The number of carboxylic acids is 1. The predicted molar refractivity (Wildman–Crippen MR) is 148 cm³/mol. The zero-order valence-electron chi connectivity index (χ0n) is 24.8. The first kappa shape index (κ1) is 36.3. The number of carboxylic acid groups (broad SMARTS) is 1. The number of nitrogens with two attached hydrogens (primary N) is 1. The molecule has 2 fully saturated rings. The van der Waals surface area contributed by atoms with Crippen molar-refractivity contribution < 1.29 is 74.3 Å². The standard InChI is InChI=1S/C27H42N4O14/c1-4-15-23(45-24-20(35)27(40,41)19(34)17(11-33)44-24)43-12-16(22(38)42-3)26(15,39)6-5-13-9-31(7-8-32)10-14(21(36)37)18(13)30-25(28)29-2/h4-6,12-15,17-20,23-24,32-35,39-41H,1,7-11H2,2-3H3,(H,36,37)(H3,28,29,30)/t13?,14?,15-,17+,18?,19+,20-,23-,24+,26-/m0/s1. The summed E-state index contributed by atoms with van der Waals surface area (Å²) < 4.78 is 21.3. The zero-order valence-corrected chi connectivity index (χ0v) is 24.8. The van der Waals surface area contributed by atoms with Gasteiger partial charge in [-0.3, -0.25) is 4.99 Å². The maximum absolute atomic E-state index is 12.8. The molecule has 45 heavy (non-hydrogen) atoms. The Balaban J connectivity index is 2.03. The smallest absolute Gasteiger partial charge is 0.340 e. The number of likely N-dealkylation sites (tertiary alicyclic amines) is 1. The molecule has 0 saturated carbocycles. The number of aliphatic carboxylic acids is 1. The predicted octanol–water partition coefficient (Wildman–Crippen LogP) is -7.60. The summed E-state index contributed by atoms with van der Waals surface area (Å²) >= 11 is 0. The van der Waals surface area contributed by atoms with E-state index in [0.717, 1.165) is 19.4 Å². The van der Waals surface area contributed by atoms with Gasteiger partial charge in [0.15, 0.2) is 18.4 Å². The molecule has 0 radical (unpaired) electrons. The van der Waals surface area contributed by atoms with Gasteiger partial charge in [-0.25, -0.2) is 4.79 Å². The van der Waals surface area contributed by atoms with Gasteiger partial charge in [-0.15, -0.1) is 6.58 Å². The Morgan fingerprint density at radius 2 is 1.93 bits per heavy atom. The highest BCUT2D eigenvalue weighted by Crippen LogP contribution is 2.40. The molecule has 3 aliphatic rings. The van der Waals surface area contributed by atoms with E-state index in [-0.39, 0.29) is 32.2 Å². The van der Waals surface area contributed by atoms with E-state index in [9.17, 15) is 50.4 Å². The third-order valence-corrected chi connectivity index (χ3v) is 8.30. The molecule has 3 heterocycles. The topological polar surface area (TPSA) is 291 Å².